The Morgan fingerprint density at radius 3 is 2.23 bits per heavy atom. The molecule has 0 N–H and O–H groups in total. The number of rotatable bonds is 4. The number of para-hydroxylation sites is 1. The first-order valence-corrected chi connectivity index (χ1v) is 8.47. The Morgan fingerprint density at radius 1 is 0.867 bits per heavy atom. The average molecular weight is 432 g/mol. The van der Waals surface area contributed by atoms with Crippen LogP contribution in [-0.2, 0) is 0 Å². The molecule has 0 amide bonds. The first-order chi connectivity index (χ1) is 13.9. The molecule has 0 spiro atoms. The number of hydrogen-bond donors (Lipinski definition) is 0. The van der Waals surface area contributed by atoms with Crippen molar-refractivity contribution in [3.05, 3.63) is 89.3 Å². The Hall–Kier alpha value is -3.53. The molecule has 0 aliphatic carbocycles. The van der Waals surface area contributed by atoms with Crippen LogP contribution in [0.15, 0.2) is 83.9 Å². The molecule has 4 rings (SSSR count). The van der Waals surface area contributed by atoms with Crippen LogP contribution in [0.3, 0.4) is 0 Å². The van der Waals surface area contributed by atoms with Crippen LogP contribution in [0, 0.1) is 0 Å². The summed E-state index contributed by atoms with van der Waals surface area (Å²) in [5.41, 5.74) is 1.57. The van der Waals surface area contributed by atoms with Crippen LogP contribution in [0.25, 0.3) is 22.8 Å². The molecule has 10 heteroatoms. The lowest BCUT2D eigenvalue weighted by molar-refractivity contribution is -0.274. The van der Waals surface area contributed by atoms with E-state index in [0.29, 0.717) is 11.4 Å². The van der Waals surface area contributed by atoms with E-state index < -0.39 is 6.36 Å². The maximum Gasteiger partial charge on any atom is 0.573 e. The van der Waals surface area contributed by atoms with Gasteiger partial charge in [-0.2, -0.15) is 23.7 Å². The van der Waals surface area contributed by atoms with Gasteiger partial charge in [0.25, 0.3) is 0 Å². The summed E-state index contributed by atoms with van der Waals surface area (Å²) in [5.74, 6) is -0.343. The molecule has 6 nitrogen and oxygen atoms in total. The van der Waals surface area contributed by atoms with Gasteiger partial charge in [-0.3, -0.25) is 4.79 Å². The molecule has 0 saturated carbocycles. The fourth-order valence-corrected chi connectivity index (χ4v) is 2.79. The highest BCUT2D eigenvalue weighted by molar-refractivity contribution is 7.59. The quantitative estimate of drug-likeness (QED) is 0.487. The minimum absolute atomic E-state index is 0. The van der Waals surface area contributed by atoms with E-state index in [9.17, 15) is 18.0 Å². The van der Waals surface area contributed by atoms with Crippen molar-refractivity contribution in [2.24, 2.45) is 0 Å². The van der Waals surface area contributed by atoms with Gasteiger partial charge in [0.1, 0.15) is 5.75 Å². The van der Waals surface area contributed by atoms with E-state index in [1.54, 1.807) is 16.9 Å². The minimum atomic E-state index is -4.76. The van der Waals surface area contributed by atoms with E-state index in [0.717, 1.165) is 5.69 Å². The molecule has 0 fully saturated rings. The van der Waals surface area contributed by atoms with E-state index in [1.165, 1.54) is 41.2 Å². The second-order valence-corrected chi connectivity index (χ2v) is 5.98. The third kappa shape index (κ3) is 4.54. The molecule has 0 aliphatic rings. The van der Waals surface area contributed by atoms with Crippen molar-refractivity contribution >= 4 is 13.5 Å². The van der Waals surface area contributed by atoms with Crippen LogP contribution in [-0.4, -0.2) is 25.9 Å². The van der Waals surface area contributed by atoms with Crippen molar-refractivity contribution in [1.82, 2.24) is 19.6 Å². The van der Waals surface area contributed by atoms with Crippen LogP contribution in [0.2, 0.25) is 0 Å². The fourth-order valence-electron chi connectivity index (χ4n) is 2.79. The molecule has 0 atom stereocenters. The van der Waals surface area contributed by atoms with Crippen LogP contribution < -0.4 is 10.2 Å². The second-order valence-electron chi connectivity index (χ2n) is 5.98. The van der Waals surface area contributed by atoms with Gasteiger partial charge in [-0.25, -0.2) is 9.36 Å². The lowest BCUT2D eigenvalue weighted by atomic mass is 10.2. The van der Waals surface area contributed by atoms with Crippen LogP contribution >= 0.6 is 13.5 Å². The van der Waals surface area contributed by atoms with Gasteiger partial charge in [0, 0.05) is 12.3 Å². The molecule has 2 aromatic carbocycles. The third-order valence-electron chi connectivity index (χ3n) is 4.03. The molecule has 0 bridgehead atoms. The lowest BCUT2D eigenvalue weighted by Crippen LogP contribution is -2.17. The maximum atomic E-state index is 12.4. The van der Waals surface area contributed by atoms with Gasteiger partial charge >= 0.3 is 6.36 Å². The lowest BCUT2D eigenvalue weighted by Gasteiger charge is -2.11. The summed E-state index contributed by atoms with van der Waals surface area (Å²) in [7, 11) is 0. The predicted octanol–water partition coefficient (Wildman–Crippen LogP) is 4.10. The summed E-state index contributed by atoms with van der Waals surface area (Å²) in [5, 5.41) is 8.61. The molecule has 30 heavy (non-hydrogen) atoms. The monoisotopic (exact) mass is 432 g/mol. The van der Waals surface area contributed by atoms with E-state index >= 15 is 0 Å². The van der Waals surface area contributed by atoms with Crippen molar-refractivity contribution in [3.63, 3.8) is 0 Å². The zero-order valence-electron chi connectivity index (χ0n) is 15.2. The van der Waals surface area contributed by atoms with Crippen molar-refractivity contribution in [1.29, 1.82) is 0 Å². The zero-order chi connectivity index (χ0) is 20.4. The van der Waals surface area contributed by atoms with Gasteiger partial charge < -0.3 is 4.74 Å². The highest BCUT2D eigenvalue weighted by atomic mass is 32.1. The molecular weight excluding hydrogens is 417 g/mol. The molecule has 0 unspecified atom stereocenters. The number of aromatic nitrogens is 4. The fraction of sp³-hybridized carbons (Fsp3) is 0.0500. The van der Waals surface area contributed by atoms with Crippen molar-refractivity contribution in [2.75, 3.05) is 0 Å². The van der Waals surface area contributed by atoms with Gasteiger partial charge in [-0.15, -0.1) is 13.2 Å². The number of ether oxygens (including phenoxy) is 1. The second kappa shape index (κ2) is 8.46. The van der Waals surface area contributed by atoms with Gasteiger partial charge in [0.2, 0.25) is 5.43 Å². The molecule has 0 saturated heterocycles. The Kier molecular flexibility index (Phi) is 5.97. The minimum Gasteiger partial charge on any atom is -0.406 e. The first-order valence-electron chi connectivity index (χ1n) is 8.47. The maximum absolute atomic E-state index is 12.4. The molecule has 0 radical (unpaired) electrons. The molecule has 154 valence electrons. The van der Waals surface area contributed by atoms with Crippen LogP contribution in [0.4, 0.5) is 13.2 Å². The highest BCUT2D eigenvalue weighted by Gasteiger charge is 2.31. The highest BCUT2D eigenvalue weighted by Crippen LogP contribution is 2.24. The Balaban J connectivity index is 0.00000256. The SMILES string of the molecule is O=c1ccn(-c2ccc(OC(F)(F)F)cc2)nc1-c1ccnn1-c1ccccc1.S. The Labute approximate surface area is 175 Å². The van der Waals surface area contributed by atoms with E-state index in [4.69, 9.17) is 0 Å². The summed E-state index contributed by atoms with van der Waals surface area (Å²) in [6.07, 6.45) is -1.77. The molecule has 4 aromatic rings. The summed E-state index contributed by atoms with van der Waals surface area (Å²) in [6.45, 7) is 0. The van der Waals surface area contributed by atoms with Gasteiger partial charge in [-0.1, -0.05) is 18.2 Å². The van der Waals surface area contributed by atoms with Gasteiger partial charge in [-0.05, 0) is 42.5 Å². The van der Waals surface area contributed by atoms with Crippen LogP contribution in [0.5, 0.6) is 5.75 Å². The smallest absolute Gasteiger partial charge is 0.406 e. The van der Waals surface area contributed by atoms with Crippen LogP contribution in [0.1, 0.15) is 0 Å². The summed E-state index contributed by atoms with van der Waals surface area (Å²) in [6, 6.07) is 17.4. The van der Waals surface area contributed by atoms with Crippen molar-refractivity contribution < 1.29 is 17.9 Å². The summed E-state index contributed by atoms with van der Waals surface area (Å²) >= 11 is 0. The van der Waals surface area contributed by atoms with Gasteiger partial charge in [0.05, 0.1) is 23.3 Å². The number of benzene rings is 2. The Bertz CT molecular complexity index is 1190. The number of alkyl halides is 3. The van der Waals surface area contributed by atoms with Gasteiger partial charge in [0.15, 0.2) is 5.69 Å². The first kappa shape index (κ1) is 21.2. The standard InChI is InChI=1S/C20H13F3N4O2.H2S/c21-20(22,23)29-16-8-6-14(7-9-16)26-13-11-18(28)19(25-26)17-10-12-24-27(17)15-4-2-1-3-5-15;/h1-13H;1H2. The van der Waals surface area contributed by atoms with E-state index in [-0.39, 0.29) is 30.4 Å². The molecule has 2 heterocycles. The number of halogens is 3. The summed E-state index contributed by atoms with van der Waals surface area (Å²) in [4.78, 5) is 12.4. The predicted molar refractivity (Wildman–Crippen MR) is 109 cm³/mol. The Morgan fingerprint density at radius 2 is 1.57 bits per heavy atom. The molecule has 2 aromatic heterocycles. The zero-order valence-corrected chi connectivity index (χ0v) is 16.2. The normalized spacial score (nSPS) is 11.0. The third-order valence-corrected chi connectivity index (χ3v) is 4.03. The molecule has 0 aliphatic heterocycles. The van der Waals surface area contributed by atoms with Crippen molar-refractivity contribution in [3.8, 4) is 28.5 Å². The summed E-state index contributed by atoms with van der Waals surface area (Å²) < 4.78 is 43.8. The van der Waals surface area contributed by atoms with E-state index in [2.05, 4.69) is 14.9 Å². The molecular formula is C20H15F3N4O2S. The average Bonchev–Trinajstić information content (AvgIpc) is 3.18. The topological polar surface area (TPSA) is 61.9 Å². The van der Waals surface area contributed by atoms with Crippen molar-refractivity contribution in [2.45, 2.75) is 6.36 Å². The number of hydrogen-bond acceptors (Lipinski definition) is 4. The van der Waals surface area contributed by atoms with E-state index in [1.807, 2.05) is 30.3 Å². The number of nitrogens with zero attached hydrogens (tertiary/aromatic N) is 4. The largest absolute Gasteiger partial charge is 0.573 e.